The molecule has 0 amide bonds. The minimum atomic E-state index is 0.653. The molecular formula is C6H7NS. The fourth-order valence-corrected chi connectivity index (χ4v) is 1.07. The Labute approximate surface area is 52.5 Å². The van der Waals surface area contributed by atoms with Crippen molar-refractivity contribution in [3.05, 3.63) is 29.0 Å². The van der Waals surface area contributed by atoms with E-state index in [0.29, 0.717) is 5.70 Å². The molecule has 8 heavy (non-hydrogen) atoms. The average Bonchev–Trinajstić information content (AvgIpc) is 2.12. The lowest BCUT2D eigenvalue weighted by molar-refractivity contribution is 1.63. The zero-order valence-corrected chi connectivity index (χ0v) is 5.24. The maximum Gasteiger partial charge on any atom is 0.0493 e. The Balaban J connectivity index is 2.93. The molecule has 1 aromatic heterocycles. The number of rotatable bonds is 1. The molecule has 0 aromatic carbocycles. The van der Waals surface area contributed by atoms with Crippen LogP contribution in [0.4, 0.5) is 0 Å². The third kappa shape index (κ3) is 0.898. The summed E-state index contributed by atoms with van der Waals surface area (Å²) in [7, 11) is 0. The summed E-state index contributed by atoms with van der Waals surface area (Å²) in [5.41, 5.74) is 6.03. The molecule has 2 heteroatoms. The van der Waals surface area contributed by atoms with E-state index < -0.39 is 0 Å². The van der Waals surface area contributed by atoms with Crippen LogP contribution in [0.3, 0.4) is 0 Å². The van der Waals surface area contributed by atoms with Gasteiger partial charge < -0.3 is 5.73 Å². The minimum Gasteiger partial charge on any atom is -0.398 e. The Hall–Kier alpha value is -0.760. The number of nitrogens with two attached hydrogens (primary N) is 1. The van der Waals surface area contributed by atoms with Gasteiger partial charge in [-0.3, -0.25) is 0 Å². The molecule has 0 aliphatic carbocycles. The molecule has 0 saturated carbocycles. The summed E-state index contributed by atoms with van der Waals surface area (Å²) < 4.78 is 0. The van der Waals surface area contributed by atoms with Crippen molar-refractivity contribution in [2.75, 3.05) is 0 Å². The molecular weight excluding hydrogens is 118 g/mol. The molecule has 0 saturated heterocycles. The van der Waals surface area contributed by atoms with E-state index in [4.69, 9.17) is 5.73 Å². The molecule has 1 heterocycles. The fraction of sp³-hybridized carbons (Fsp3) is 0. The minimum absolute atomic E-state index is 0.653. The Morgan fingerprint density at radius 3 is 2.75 bits per heavy atom. The van der Waals surface area contributed by atoms with Crippen LogP contribution in [-0.2, 0) is 0 Å². The monoisotopic (exact) mass is 125 g/mol. The van der Waals surface area contributed by atoms with Gasteiger partial charge >= 0.3 is 0 Å². The van der Waals surface area contributed by atoms with E-state index in [2.05, 4.69) is 6.58 Å². The maximum absolute atomic E-state index is 5.37. The number of hydrogen-bond acceptors (Lipinski definition) is 2. The first-order valence-electron chi connectivity index (χ1n) is 2.29. The van der Waals surface area contributed by atoms with Gasteiger partial charge in [-0.2, -0.15) is 0 Å². The van der Waals surface area contributed by atoms with E-state index >= 15 is 0 Å². The normalized spacial score (nSPS) is 9.00. The molecule has 1 rings (SSSR count). The van der Waals surface area contributed by atoms with Crippen molar-refractivity contribution in [1.29, 1.82) is 0 Å². The molecule has 1 aromatic rings. The zero-order chi connectivity index (χ0) is 5.98. The molecule has 0 radical (unpaired) electrons. The van der Waals surface area contributed by atoms with Gasteiger partial charge in [0, 0.05) is 10.6 Å². The summed E-state index contributed by atoms with van der Waals surface area (Å²) in [6.07, 6.45) is 0. The first-order valence-corrected chi connectivity index (χ1v) is 3.17. The van der Waals surface area contributed by atoms with Crippen LogP contribution in [0.15, 0.2) is 24.1 Å². The van der Waals surface area contributed by atoms with E-state index in [0.717, 1.165) is 4.88 Å². The van der Waals surface area contributed by atoms with Gasteiger partial charge in [-0.1, -0.05) is 12.6 Å². The SMILES string of the molecule is C=C(N)c1cccs1. The van der Waals surface area contributed by atoms with E-state index in [-0.39, 0.29) is 0 Å². The topological polar surface area (TPSA) is 26.0 Å². The van der Waals surface area contributed by atoms with E-state index in [1.807, 2.05) is 17.5 Å². The number of thiophene rings is 1. The molecule has 0 spiro atoms. The predicted octanol–water partition coefficient (Wildman–Crippen LogP) is 1.68. The Bertz CT molecular complexity index is 176. The summed E-state index contributed by atoms with van der Waals surface area (Å²) in [5.74, 6) is 0. The average molecular weight is 125 g/mol. The highest BCUT2D eigenvalue weighted by Crippen LogP contribution is 2.12. The summed E-state index contributed by atoms with van der Waals surface area (Å²) in [5, 5.41) is 1.98. The molecule has 0 fully saturated rings. The largest absolute Gasteiger partial charge is 0.398 e. The van der Waals surface area contributed by atoms with Crippen LogP contribution in [0.25, 0.3) is 5.70 Å². The van der Waals surface area contributed by atoms with Gasteiger partial charge in [0.2, 0.25) is 0 Å². The highest BCUT2D eigenvalue weighted by Gasteiger charge is 1.89. The van der Waals surface area contributed by atoms with Gasteiger partial charge in [0.05, 0.1) is 0 Å². The molecule has 0 unspecified atom stereocenters. The zero-order valence-electron chi connectivity index (χ0n) is 4.42. The van der Waals surface area contributed by atoms with Gasteiger partial charge in [-0.25, -0.2) is 0 Å². The van der Waals surface area contributed by atoms with Crippen molar-refractivity contribution in [3.8, 4) is 0 Å². The molecule has 1 nitrogen and oxygen atoms in total. The molecule has 2 N–H and O–H groups in total. The molecule has 0 aliphatic rings. The van der Waals surface area contributed by atoms with Crippen molar-refractivity contribution in [2.24, 2.45) is 5.73 Å². The lowest BCUT2D eigenvalue weighted by Crippen LogP contribution is -1.88. The van der Waals surface area contributed by atoms with Gasteiger partial charge in [0.1, 0.15) is 0 Å². The molecule has 0 aliphatic heterocycles. The summed E-state index contributed by atoms with van der Waals surface area (Å²) in [6, 6.07) is 3.91. The summed E-state index contributed by atoms with van der Waals surface area (Å²) in [6.45, 7) is 3.59. The van der Waals surface area contributed by atoms with Crippen molar-refractivity contribution >= 4 is 17.0 Å². The Kier molecular flexibility index (Phi) is 1.35. The number of hydrogen-bond donors (Lipinski definition) is 1. The first kappa shape index (κ1) is 5.38. The van der Waals surface area contributed by atoms with Crippen molar-refractivity contribution < 1.29 is 0 Å². The summed E-state index contributed by atoms with van der Waals surface area (Å²) in [4.78, 5) is 1.06. The van der Waals surface area contributed by atoms with Crippen molar-refractivity contribution in [1.82, 2.24) is 0 Å². The van der Waals surface area contributed by atoms with Gasteiger partial charge in [-0.15, -0.1) is 11.3 Å². The van der Waals surface area contributed by atoms with Crippen molar-refractivity contribution in [3.63, 3.8) is 0 Å². The smallest absolute Gasteiger partial charge is 0.0493 e. The highest BCUT2D eigenvalue weighted by molar-refractivity contribution is 7.11. The van der Waals surface area contributed by atoms with Crippen molar-refractivity contribution in [2.45, 2.75) is 0 Å². The third-order valence-electron chi connectivity index (χ3n) is 0.838. The third-order valence-corrected chi connectivity index (χ3v) is 1.78. The predicted molar refractivity (Wildman–Crippen MR) is 37.5 cm³/mol. The van der Waals surface area contributed by atoms with Crippen LogP contribution in [-0.4, -0.2) is 0 Å². The van der Waals surface area contributed by atoms with Crippen LogP contribution in [0.5, 0.6) is 0 Å². The molecule has 42 valence electrons. The Morgan fingerprint density at radius 2 is 2.50 bits per heavy atom. The highest BCUT2D eigenvalue weighted by atomic mass is 32.1. The second-order valence-corrected chi connectivity index (χ2v) is 2.45. The standard InChI is InChI=1S/C6H7NS/c1-5(7)6-3-2-4-8-6/h2-4H,1,7H2. The second-order valence-electron chi connectivity index (χ2n) is 1.50. The quantitative estimate of drug-likeness (QED) is 0.607. The first-order chi connectivity index (χ1) is 3.80. The molecule has 0 atom stereocenters. The van der Waals surface area contributed by atoms with E-state index in [1.165, 1.54) is 0 Å². The van der Waals surface area contributed by atoms with E-state index in [9.17, 15) is 0 Å². The van der Waals surface area contributed by atoms with Crippen LogP contribution < -0.4 is 5.73 Å². The van der Waals surface area contributed by atoms with Crippen LogP contribution in [0.1, 0.15) is 4.88 Å². The van der Waals surface area contributed by atoms with Crippen LogP contribution in [0.2, 0.25) is 0 Å². The second kappa shape index (κ2) is 2.01. The van der Waals surface area contributed by atoms with Gasteiger partial charge in [-0.05, 0) is 11.4 Å². The lowest BCUT2D eigenvalue weighted by atomic mass is 10.4. The van der Waals surface area contributed by atoms with E-state index in [1.54, 1.807) is 11.3 Å². The lowest BCUT2D eigenvalue weighted by Gasteiger charge is -1.87. The maximum atomic E-state index is 5.37. The Morgan fingerprint density at radius 1 is 1.75 bits per heavy atom. The van der Waals surface area contributed by atoms with Crippen LogP contribution >= 0.6 is 11.3 Å². The van der Waals surface area contributed by atoms with Gasteiger partial charge in [0.25, 0.3) is 0 Å². The fourth-order valence-electron chi connectivity index (χ4n) is 0.461. The summed E-state index contributed by atoms with van der Waals surface area (Å²) >= 11 is 1.61. The van der Waals surface area contributed by atoms with Crippen LogP contribution in [0, 0.1) is 0 Å². The molecule has 0 bridgehead atoms. The van der Waals surface area contributed by atoms with Gasteiger partial charge in [0.15, 0.2) is 0 Å².